The van der Waals surface area contributed by atoms with Crippen molar-refractivity contribution in [3.05, 3.63) is 0 Å². The molecule has 0 aromatic rings. The Morgan fingerprint density at radius 2 is 1.87 bits per heavy atom. The van der Waals surface area contributed by atoms with Crippen LogP contribution < -0.4 is 0 Å². The van der Waals surface area contributed by atoms with E-state index in [1.165, 1.54) is 6.42 Å². The molecule has 4 atom stereocenters. The maximum Gasteiger partial charge on any atom is 0.168 e. The number of hydrogen-bond donors (Lipinski definition) is 2. The van der Waals surface area contributed by atoms with Crippen molar-refractivity contribution in [2.75, 3.05) is 0 Å². The van der Waals surface area contributed by atoms with E-state index in [4.69, 9.17) is 4.74 Å². The molecule has 3 heteroatoms. The monoisotopic (exact) mass is 212 g/mol. The first-order valence-electron chi connectivity index (χ1n) is 6.24. The highest BCUT2D eigenvalue weighted by molar-refractivity contribution is 5.03. The lowest BCUT2D eigenvalue weighted by molar-refractivity contribution is -0.336. The normalized spacial score (nSPS) is 54.8. The van der Waals surface area contributed by atoms with E-state index >= 15 is 0 Å². The number of rotatable bonds is 0. The Labute approximate surface area is 90.4 Å². The molecule has 2 heterocycles. The molecule has 2 bridgehead atoms. The minimum absolute atomic E-state index is 0.0998. The van der Waals surface area contributed by atoms with Crippen molar-refractivity contribution in [1.82, 2.24) is 0 Å². The van der Waals surface area contributed by atoms with Crippen molar-refractivity contribution in [2.45, 2.75) is 68.9 Å². The van der Waals surface area contributed by atoms with Gasteiger partial charge in [-0.3, -0.25) is 0 Å². The predicted molar refractivity (Wildman–Crippen MR) is 55.2 cm³/mol. The lowest BCUT2D eigenvalue weighted by atomic mass is 9.65. The molecule has 2 saturated heterocycles. The van der Waals surface area contributed by atoms with Crippen molar-refractivity contribution in [3.8, 4) is 0 Å². The molecule has 0 aromatic carbocycles. The van der Waals surface area contributed by atoms with Gasteiger partial charge in [0.25, 0.3) is 0 Å². The quantitative estimate of drug-likeness (QED) is 0.641. The Morgan fingerprint density at radius 3 is 2.73 bits per heavy atom. The molecule has 2 N–H and O–H groups in total. The van der Waals surface area contributed by atoms with Crippen molar-refractivity contribution >= 4 is 0 Å². The van der Waals surface area contributed by atoms with Crippen LogP contribution in [0.4, 0.5) is 0 Å². The van der Waals surface area contributed by atoms with Gasteiger partial charge in [-0.2, -0.15) is 0 Å². The highest BCUT2D eigenvalue weighted by atomic mass is 16.6. The first-order valence-corrected chi connectivity index (χ1v) is 6.24. The highest BCUT2D eigenvalue weighted by Crippen LogP contribution is 2.51. The first kappa shape index (κ1) is 10.1. The highest BCUT2D eigenvalue weighted by Gasteiger charge is 2.55. The molecule has 15 heavy (non-hydrogen) atoms. The molecule has 3 rings (SSSR count). The summed E-state index contributed by atoms with van der Waals surface area (Å²) >= 11 is 0. The Kier molecular flexibility index (Phi) is 2.14. The third-order valence-electron chi connectivity index (χ3n) is 4.52. The molecular formula is C12H20O3. The van der Waals surface area contributed by atoms with Crippen LogP contribution >= 0.6 is 0 Å². The molecule has 0 unspecified atom stereocenters. The van der Waals surface area contributed by atoms with Crippen LogP contribution in [0.15, 0.2) is 0 Å². The van der Waals surface area contributed by atoms with Crippen LogP contribution in [0.25, 0.3) is 0 Å². The van der Waals surface area contributed by atoms with E-state index in [0.29, 0.717) is 12.8 Å². The van der Waals surface area contributed by atoms with Crippen LogP contribution in [-0.2, 0) is 4.74 Å². The smallest absolute Gasteiger partial charge is 0.168 e. The number of ether oxygens (including phenoxy) is 1. The van der Waals surface area contributed by atoms with Gasteiger partial charge >= 0.3 is 0 Å². The van der Waals surface area contributed by atoms with Gasteiger partial charge in [-0.15, -0.1) is 0 Å². The minimum Gasteiger partial charge on any atom is -0.389 e. The van der Waals surface area contributed by atoms with E-state index in [2.05, 4.69) is 0 Å². The van der Waals surface area contributed by atoms with E-state index < -0.39 is 11.4 Å². The summed E-state index contributed by atoms with van der Waals surface area (Å²) in [6.07, 6.45) is 7.48. The second-order valence-electron chi connectivity index (χ2n) is 5.63. The average Bonchev–Trinajstić information content (AvgIpc) is 2.15. The fourth-order valence-corrected chi connectivity index (χ4v) is 3.87. The summed E-state index contributed by atoms with van der Waals surface area (Å²) in [5.41, 5.74) is -0.643. The Bertz CT molecular complexity index is 268. The summed E-state index contributed by atoms with van der Waals surface area (Å²) in [7, 11) is 0. The number of aliphatic hydroxyl groups is 2. The zero-order valence-electron chi connectivity index (χ0n) is 9.11. The van der Waals surface area contributed by atoms with Gasteiger partial charge in [0.05, 0.1) is 11.7 Å². The Hall–Kier alpha value is -0.120. The molecule has 0 spiro atoms. The molecule has 3 fully saturated rings. The van der Waals surface area contributed by atoms with E-state index in [9.17, 15) is 10.2 Å². The van der Waals surface area contributed by atoms with Gasteiger partial charge in [-0.05, 0) is 25.7 Å². The van der Waals surface area contributed by atoms with Crippen LogP contribution in [0.2, 0.25) is 0 Å². The van der Waals surface area contributed by atoms with Crippen molar-refractivity contribution in [1.29, 1.82) is 0 Å². The first-order chi connectivity index (χ1) is 7.11. The van der Waals surface area contributed by atoms with Gasteiger partial charge in [0, 0.05) is 18.8 Å². The maximum absolute atomic E-state index is 10.6. The third kappa shape index (κ3) is 1.52. The molecular weight excluding hydrogens is 192 g/mol. The van der Waals surface area contributed by atoms with Gasteiger partial charge in [0.15, 0.2) is 5.79 Å². The van der Waals surface area contributed by atoms with Gasteiger partial charge < -0.3 is 14.9 Å². The zero-order valence-corrected chi connectivity index (χ0v) is 9.11. The molecule has 2 aliphatic heterocycles. The zero-order chi connectivity index (χ0) is 10.5. The molecule has 0 radical (unpaired) electrons. The number of fused-ring (bicyclic) bond motifs is 4. The maximum atomic E-state index is 10.6. The standard InChI is InChI=1S/C12H20O3/c13-11-6-2-1-4-9(11)10-5-3-7-12(14,8-11)15-10/h9-10,13-14H,1-8H2/t9-,10-,11+,12+/m0/s1. The van der Waals surface area contributed by atoms with Crippen LogP contribution in [0.5, 0.6) is 0 Å². The van der Waals surface area contributed by atoms with Gasteiger partial charge in [0.1, 0.15) is 0 Å². The van der Waals surface area contributed by atoms with Crippen LogP contribution in [0.3, 0.4) is 0 Å². The Balaban J connectivity index is 1.90. The van der Waals surface area contributed by atoms with E-state index in [0.717, 1.165) is 32.1 Å². The summed E-state index contributed by atoms with van der Waals surface area (Å²) in [5.74, 6) is -0.752. The predicted octanol–water partition coefficient (Wildman–Crippen LogP) is 1.57. The van der Waals surface area contributed by atoms with E-state index in [-0.39, 0.29) is 12.0 Å². The summed E-state index contributed by atoms with van der Waals surface area (Å²) in [4.78, 5) is 0. The summed E-state index contributed by atoms with van der Waals surface area (Å²) in [6.45, 7) is 0. The van der Waals surface area contributed by atoms with Crippen LogP contribution in [-0.4, -0.2) is 27.7 Å². The molecule has 0 aromatic heterocycles. The SMILES string of the molecule is O[C@]12CCC[C@H](O1)[C@@H]1CCCC[C@@]1(O)C2. The number of hydrogen-bond acceptors (Lipinski definition) is 3. The molecule has 3 aliphatic rings. The molecule has 1 saturated carbocycles. The largest absolute Gasteiger partial charge is 0.389 e. The second kappa shape index (κ2) is 3.19. The van der Waals surface area contributed by atoms with Gasteiger partial charge in [-0.1, -0.05) is 12.8 Å². The molecule has 1 aliphatic carbocycles. The second-order valence-corrected chi connectivity index (χ2v) is 5.63. The average molecular weight is 212 g/mol. The van der Waals surface area contributed by atoms with E-state index in [1.54, 1.807) is 0 Å². The minimum atomic E-state index is -1.02. The van der Waals surface area contributed by atoms with Crippen molar-refractivity contribution < 1.29 is 14.9 Å². The summed E-state index contributed by atoms with van der Waals surface area (Å²) < 4.78 is 5.74. The van der Waals surface area contributed by atoms with Gasteiger partial charge in [0.2, 0.25) is 0 Å². The Morgan fingerprint density at radius 1 is 1.00 bits per heavy atom. The van der Waals surface area contributed by atoms with Crippen LogP contribution in [0.1, 0.15) is 51.4 Å². The van der Waals surface area contributed by atoms with Crippen molar-refractivity contribution in [2.24, 2.45) is 5.92 Å². The fraction of sp³-hybridized carbons (Fsp3) is 1.00. The van der Waals surface area contributed by atoms with E-state index in [1.807, 2.05) is 0 Å². The molecule has 0 amide bonds. The third-order valence-corrected chi connectivity index (χ3v) is 4.52. The topological polar surface area (TPSA) is 49.7 Å². The van der Waals surface area contributed by atoms with Gasteiger partial charge in [-0.25, -0.2) is 0 Å². The summed E-state index contributed by atoms with van der Waals surface area (Å²) in [5, 5.41) is 20.8. The summed E-state index contributed by atoms with van der Waals surface area (Å²) in [6, 6.07) is 0. The fourth-order valence-electron chi connectivity index (χ4n) is 3.87. The lowest BCUT2D eigenvalue weighted by Crippen LogP contribution is -2.61. The van der Waals surface area contributed by atoms with Crippen LogP contribution in [0, 0.1) is 5.92 Å². The van der Waals surface area contributed by atoms with Crippen molar-refractivity contribution in [3.63, 3.8) is 0 Å². The molecule has 86 valence electrons. The molecule has 3 nitrogen and oxygen atoms in total. The lowest BCUT2D eigenvalue weighted by Gasteiger charge is -2.55.